The summed E-state index contributed by atoms with van der Waals surface area (Å²) in [5.74, 6) is 0.633. The number of hydrogen-bond donors (Lipinski definition) is 0. The molecule has 0 saturated carbocycles. The van der Waals surface area contributed by atoms with Gasteiger partial charge in [0, 0.05) is 5.56 Å². The lowest BCUT2D eigenvalue weighted by atomic mass is 9.98. The van der Waals surface area contributed by atoms with Gasteiger partial charge in [-0.2, -0.15) is 0 Å². The number of methoxy groups -OCH3 is 1. The molecule has 98 valence electrons. The number of carbonyl (C=O) groups is 1. The van der Waals surface area contributed by atoms with Gasteiger partial charge in [-0.15, -0.1) is 0 Å². The maximum Gasteiger partial charge on any atom is 0.196 e. The molecule has 2 aromatic carbocycles. The highest BCUT2D eigenvalue weighted by molar-refractivity contribution is 6.10. The van der Waals surface area contributed by atoms with Crippen molar-refractivity contribution < 1.29 is 9.53 Å². The van der Waals surface area contributed by atoms with Crippen LogP contribution in [0.5, 0.6) is 5.75 Å². The monoisotopic (exact) mass is 254 g/mol. The maximum absolute atomic E-state index is 12.6. The molecule has 0 atom stereocenters. The third-order valence-electron chi connectivity index (χ3n) is 3.20. The van der Waals surface area contributed by atoms with Crippen LogP contribution >= 0.6 is 0 Å². The summed E-state index contributed by atoms with van der Waals surface area (Å²) in [5.41, 5.74) is 3.55. The van der Waals surface area contributed by atoms with Crippen LogP contribution in [0.25, 0.3) is 0 Å². The summed E-state index contributed by atoms with van der Waals surface area (Å²) in [7, 11) is 1.59. The van der Waals surface area contributed by atoms with Gasteiger partial charge < -0.3 is 4.74 Å². The van der Waals surface area contributed by atoms with Gasteiger partial charge >= 0.3 is 0 Å². The van der Waals surface area contributed by atoms with E-state index in [9.17, 15) is 4.79 Å². The van der Waals surface area contributed by atoms with Crippen molar-refractivity contribution in [3.05, 3.63) is 64.7 Å². The Labute approximate surface area is 114 Å². The minimum atomic E-state index is 0.0100. The minimum Gasteiger partial charge on any atom is -0.496 e. The summed E-state index contributed by atoms with van der Waals surface area (Å²) in [6.07, 6.45) is 0.923. The predicted octanol–water partition coefficient (Wildman–Crippen LogP) is 3.80. The van der Waals surface area contributed by atoms with Crippen LogP contribution in [0, 0.1) is 6.92 Å². The van der Waals surface area contributed by atoms with Crippen LogP contribution in [0.1, 0.15) is 34.0 Å². The molecule has 2 heteroatoms. The lowest BCUT2D eigenvalue weighted by molar-refractivity contribution is 0.103. The van der Waals surface area contributed by atoms with Gasteiger partial charge in [0.15, 0.2) is 5.78 Å². The summed E-state index contributed by atoms with van der Waals surface area (Å²) in [4.78, 5) is 12.6. The molecule has 0 aliphatic rings. The molecule has 0 spiro atoms. The number of aryl methyl sites for hydroxylation is 2. The Balaban J connectivity index is 2.46. The Bertz CT molecular complexity index is 600. The normalized spacial score (nSPS) is 10.3. The second-order valence-electron chi connectivity index (χ2n) is 4.59. The van der Waals surface area contributed by atoms with Gasteiger partial charge in [0.2, 0.25) is 0 Å². The first kappa shape index (κ1) is 13.3. The smallest absolute Gasteiger partial charge is 0.196 e. The highest BCUT2D eigenvalue weighted by atomic mass is 16.5. The molecule has 2 rings (SSSR count). The first-order valence-corrected chi connectivity index (χ1v) is 6.44. The zero-order chi connectivity index (χ0) is 13.8. The first-order chi connectivity index (χ1) is 9.15. The molecule has 19 heavy (non-hydrogen) atoms. The number of rotatable bonds is 4. The third-order valence-corrected chi connectivity index (χ3v) is 3.20. The van der Waals surface area contributed by atoms with Crippen molar-refractivity contribution in [2.24, 2.45) is 0 Å². The molecular weight excluding hydrogens is 236 g/mol. The molecule has 0 heterocycles. The van der Waals surface area contributed by atoms with Crippen LogP contribution < -0.4 is 4.74 Å². The number of ketones is 1. The molecule has 0 aliphatic heterocycles. The number of ether oxygens (including phenoxy) is 1. The molecule has 0 unspecified atom stereocenters. The van der Waals surface area contributed by atoms with E-state index in [2.05, 4.69) is 6.92 Å². The molecule has 2 nitrogen and oxygen atoms in total. The summed E-state index contributed by atoms with van der Waals surface area (Å²) in [6, 6.07) is 13.4. The van der Waals surface area contributed by atoms with Gasteiger partial charge in [0.05, 0.1) is 12.7 Å². The molecule has 2 aromatic rings. The average molecular weight is 254 g/mol. The van der Waals surface area contributed by atoms with Crippen LogP contribution in [0.3, 0.4) is 0 Å². The standard InChI is InChI=1S/C17H18O2/c1-4-13-6-5-7-14(11-13)17(18)15-10-12(2)8-9-16(15)19-3/h5-11H,4H2,1-3H3. The predicted molar refractivity (Wildman–Crippen MR) is 77.0 cm³/mol. The van der Waals surface area contributed by atoms with Gasteiger partial charge in [-0.3, -0.25) is 4.79 Å². The van der Waals surface area contributed by atoms with Gasteiger partial charge in [-0.05, 0) is 37.1 Å². The zero-order valence-electron chi connectivity index (χ0n) is 11.6. The molecule has 0 radical (unpaired) electrons. The molecule has 0 amide bonds. The van der Waals surface area contributed by atoms with E-state index in [1.807, 2.05) is 49.4 Å². The Morgan fingerprint density at radius 2 is 1.95 bits per heavy atom. The molecule has 0 saturated heterocycles. The van der Waals surface area contributed by atoms with Crippen molar-refractivity contribution in [3.63, 3.8) is 0 Å². The Morgan fingerprint density at radius 1 is 1.16 bits per heavy atom. The lowest BCUT2D eigenvalue weighted by Gasteiger charge is -2.09. The summed E-state index contributed by atoms with van der Waals surface area (Å²) in [5, 5.41) is 0. The topological polar surface area (TPSA) is 26.3 Å². The fraction of sp³-hybridized carbons (Fsp3) is 0.235. The van der Waals surface area contributed by atoms with E-state index in [1.54, 1.807) is 7.11 Å². The summed E-state index contributed by atoms with van der Waals surface area (Å²) >= 11 is 0. The summed E-state index contributed by atoms with van der Waals surface area (Å²) in [6.45, 7) is 4.05. The number of carbonyl (C=O) groups excluding carboxylic acids is 1. The Kier molecular flexibility index (Phi) is 4.00. The number of hydrogen-bond acceptors (Lipinski definition) is 2. The second-order valence-corrected chi connectivity index (χ2v) is 4.59. The highest BCUT2D eigenvalue weighted by Gasteiger charge is 2.14. The van der Waals surface area contributed by atoms with Crippen molar-refractivity contribution in [1.82, 2.24) is 0 Å². The van der Waals surface area contributed by atoms with Crippen LogP contribution in [-0.2, 0) is 6.42 Å². The maximum atomic E-state index is 12.6. The van der Waals surface area contributed by atoms with Crippen LogP contribution in [-0.4, -0.2) is 12.9 Å². The first-order valence-electron chi connectivity index (χ1n) is 6.44. The number of benzene rings is 2. The lowest BCUT2D eigenvalue weighted by Crippen LogP contribution is -2.05. The van der Waals surface area contributed by atoms with Gasteiger partial charge in [-0.25, -0.2) is 0 Å². The fourth-order valence-corrected chi connectivity index (χ4v) is 2.09. The van der Waals surface area contributed by atoms with Gasteiger partial charge in [0.25, 0.3) is 0 Å². The van der Waals surface area contributed by atoms with Crippen molar-refractivity contribution in [2.45, 2.75) is 20.3 Å². The van der Waals surface area contributed by atoms with Gasteiger partial charge in [0.1, 0.15) is 5.75 Å². The van der Waals surface area contributed by atoms with E-state index >= 15 is 0 Å². The van der Waals surface area contributed by atoms with Gasteiger partial charge in [-0.1, -0.05) is 36.8 Å². The minimum absolute atomic E-state index is 0.0100. The van der Waals surface area contributed by atoms with E-state index in [1.165, 1.54) is 0 Å². The largest absolute Gasteiger partial charge is 0.496 e. The third kappa shape index (κ3) is 2.84. The van der Waals surface area contributed by atoms with E-state index < -0.39 is 0 Å². The molecule has 0 fully saturated rings. The van der Waals surface area contributed by atoms with Crippen LogP contribution in [0.4, 0.5) is 0 Å². The van der Waals surface area contributed by atoms with Crippen molar-refractivity contribution in [2.75, 3.05) is 7.11 Å². The van der Waals surface area contributed by atoms with E-state index in [0.29, 0.717) is 16.9 Å². The van der Waals surface area contributed by atoms with Crippen molar-refractivity contribution in [1.29, 1.82) is 0 Å². The van der Waals surface area contributed by atoms with E-state index in [0.717, 1.165) is 17.5 Å². The highest BCUT2D eigenvalue weighted by Crippen LogP contribution is 2.23. The van der Waals surface area contributed by atoms with Crippen LogP contribution in [0.15, 0.2) is 42.5 Å². The molecule has 0 aliphatic carbocycles. The van der Waals surface area contributed by atoms with E-state index in [-0.39, 0.29) is 5.78 Å². The van der Waals surface area contributed by atoms with Crippen molar-refractivity contribution >= 4 is 5.78 Å². The average Bonchev–Trinajstić information content (AvgIpc) is 2.46. The summed E-state index contributed by atoms with van der Waals surface area (Å²) < 4.78 is 5.28. The zero-order valence-corrected chi connectivity index (χ0v) is 11.6. The van der Waals surface area contributed by atoms with Crippen LogP contribution in [0.2, 0.25) is 0 Å². The Hall–Kier alpha value is -2.09. The van der Waals surface area contributed by atoms with E-state index in [4.69, 9.17) is 4.74 Å². The molecular formula is C17H18O2. The second kappa shape index (κ2) is 5.70. The molecule has 0 N–H and O–H groups in total. The Morgan fingerprint density at radius 3 is 2.63 bits per heavy atom. The molecule has 0 aromatic heterocycles. The fourth-order valence-electron chi connectivity index (χ4n) is 2.09. The SMILES string of the molecule is CCc1cccc(C(=O)c2cc(C)ccc2OC)c1. The quantitative estimate of drug-likeness (QED) is 0.776. The van der Waals surface area contributed by atoms with Crippen molar-refractivity contribution in [3.8, 4) is 5.75 Å². The molecule has 0 bridgehead atoms.